The van der Waals surface area contributed by atoms with E-state index < -0.39 is 18.3 Å². The summed E-state index contributed by atoms with van der Waals surface area (Å²) in [5, 5.41) is 30.6. The zero-order valence-electron chi connectivity index (χ0n) is 17.4. The van der Waals surface area contributed by atoms with Gasteiger partial charge in [-0.1, -0.05) is 64.3 Å². The fourth-order valence-corrected chi connectivity index (χ4v) is 3.72. The highest BCUT2D eigenvalue weighted by molar-refractivity contribution is 5.80. The first kappa shape index (κ1) is 24.1. The van der Waals surface area contributed by atoms with E-state index in [2.05, 4.69) is 19.1 Å². The molecule has 1 aliphatic rings. The molecule has 1 rings (SSSR count). The molecule has 0 aromatic heterocycles. The topological polar surface area (TPSA) is 77.8 Å². The van der Waals surface area contributed by atoms with Gasteiger partial charge in [-0.05, 0) is 31.6 Å². The Hall–Kier alpha value is -0.970. The van der Waals surface area contributed by atoms with Crippen LogP contribution in [0.2, 0.25) is 0 Å². The lowest BCUT2D eigenvalue weighted by atomic mass is 9.89. The average Bonchev–Trinajstić information content (AvgIpc) is 2.88. The van der Waals surface area contributed by atoms with Crippen molar-refractivity contribution in [1.82, 2.24) is 0 Å². The van der Waals surface area contributed by atoms with E-state index in [4.69, 9.17) is 0 Å². The number of carbonyl (C=O) groups excluding carboxylic acids is 1. The zero-order chi connectivity index (χ0) is 20.2. The molecule has 0 radical (unpaired) electrons. The predicted octanol–water partition coefficient (Wildman–Crippen LogP) is 4.18. The summed E-state index contributed by atoms with van der Waals surface area (Å²) in [6, 6.07) is 0. The average molecular weight is 381 g/mol. The number of aliphatic hydroxyl groups excluding tert-OH is 3. The molecule has 0 saturated heterocycles. The summed E-state index contributed by atoms with van der Waals surface area (Å²) in [5.41, 5.74) is 0. The predicted molar refractivity (Wildman–Crippen MR) is 110 cm³/mol. The molecule has 1 saturated carbocycles. The minimum absolute atomic E-state index is 0.0207. The Morgan fingerprint density at radius 3 is 2.52 bits per heavy atom. The minimum atomic E-state index is -0.554. The fraction of sp³-hybridized carbons (Fsp3) is 0.783. The number of hydrogen-bond donors (Lipinski definition) is 3. The Balaban J connectivity index is 2.44. The smallest absolute Gasteiger partial charge is 0.135 e. The van der Waals surface area contributed by atoms with E-state index in [1.807, 2.05) is 19.9 Å². The van der Waals surface area contributed by atoms with E-state index in [0.29, 0.717) is 25.0 Å². The third-order valence-electron chi connectivity index (χ3n) is 5.59. The largest absolute Gasteiger partial charge is 0.393 e. The van der Waals surface area contributed by atoms with Gasteiger partial charge in [-0.15, -0.1) is 0 Å². The highest BCUT2D eigenvalue weighted by Gasteiger charge is 2.39. The van der Waals surface area contributed by atoms with Crippen molar-refractivity contribution in [2.45, 2.75) is 96.9 Å². The Labute approximate surface area is 165 Å². The molecule has 4 heteroatoms. The summed E-state index contributed by atoms with van der Waals surface area (Å²) in [6.07, 6.45) is 13.7. The number of aliphatic hydroxyl groups is 3. The van der Waals surface area contributed by atoms with E-state index in [1.54, 1.807) is 6.08 Å². The van der Waals surface area contributed by atoms with Gasteiger partial charge < -0.3 is 15.3 Å². The van der Waals surface area contributed by atoms with Crippen LogP contribution in [0.3, 0.4) is 0 Å². The second kappa shape index (κ2) is 13.2. The van der Waals surface area contributed by atoms with Crippen molar-refractivity contribution >= 4 is 5.78 Å². The highest BCUT2D eigenvalue weighted by atomic mass is 16.3. The van der Waals surface area contributed by atoms with Gasteiger partial charge in [0.2, 0.25) is 0 Å². The second-order valence-corrected chi connectivity index (χ2v) is 8.28. The Kier molecular flexibility index (Phi) is 11.8. The van der Waals surface area contributed by atoms with E-state index in [-0.39, 0.29) is 17.8 Å². The molecule has 0 aliphatic heterocycles. The SMILES string of the molecule is CCCCC[C@H](O)/C=C/[C@@H]1[C@@H](C/C=C\CCCC(=O)C(C)C)[C@@H](O)C[C@H]1O. The van der Waals surface area contributed by atoms with Gasteiger partial charge >= 0.3 is 0 Å². The van der Waals surface area contributed by atoms with Crippen LogP contribution < -0.4 is 0 Å². The molecule has 4 nitrogen and oxygen atoms in total. The van der Waals surface area contributed by atoms with Crippen LogP contribution >= 0.6 is 0 Å². The summed E-state index contributed by atoms with van der Waals surface area (Å²) < 4.78 is 0. The van der Waals surface area contributed by atoms with Crippen LogP contribution in [-0.4, -0.2) is 39.4 Å². The number of rotatable bonds is 13. The number of Topliss-reactive ketones (excluding diaryl/α,β-unsaturated/α-hetero) is 1. The monoisotopic (exact) mass is 380 g/mol. The summed E-state index contributed by atoms with van der Waals surface area (Å²) >= 11 is 0. The number of hydrogen-bond acceptors (Lipinski definition) is 4. The fourth-order valence-electron chi connectivity index (χ4n) is 3.72. The number of unbranched alkanes of at least 4 members (excludes halogenated alkanes) is 3. The maximum absolute atomic E-state index is 11.6. The highest BCUT2D eigenvalue weighted by Crippen LogP contribution is 2.36. The summed E-state index contributed by atoms with van der Waals surface area (Å²) in [5.74, 6) is 0.273. The molecule has 0 aromatic carbocycles. The standard InChI is InChI=1S/C23H40O4/c1-4-5-8-11-18(24)14-15-20-19(22(26)16-23(20)27)12-9-6-7-10-13-21(25)17(2)3/h6,9,14-15,17-20,22-24,26-27H,4-5,7-8,10-13,16H2,1-3H3/b9-6-,15-14+/t18-,19+,20+,22-,23+/m0/s1. The van der Waals surface area contributed by atoms with Crippen molar-refractivity contribution < 1.29 is 20.1 Å². The second-order valence-electron chi connectivity index (χ2n) is 8.28. The molecule has 0 heterocycles. The molecule has 1 aliphatic carbocycles. The van der Waals surface area contributed by atoms with Gasteiger partial charge in [0.05, 0.1) is 18.3 Å². The van der Waals surface area contributed by atoms with Gasteiger partial charge in [-0.2, -0.15) is 0 Å². The third kappa shape index (κ3) is 9.18. The molecular formula is C23H40O4. The van der Waals surface area contributed by atoms with Crippen LogP contribution in [0.25, 0.3) is 0 Å². The van der Waals surface area contributed by atoms with E-state index >= 15 is 0 Å². The van der Waals surface area contributed by atoms with E-state index in [9.17, 15) is 20.1 Å². The van der Waals surface area contributed by atoms with Gasteiger partial charge in [-0.3, -0.25) is 4.79 Å². The molecule has 27 heavy (non-hydrogen) atoms. The molecule has 5 atom stereocenters. The van der Waals surface area contributed by atoms with Gasteiger partial charge in [0.25, 0.3) is 0 Å². The van der Waals surface area contributed by atoms with Crippen LogP contribution in [0.5, 0.6) is 0 Å². The first-order chi connectivity index (χ1) is 12.9. The number of carbonyl (C=O) groups is 1. The lowest BCUT2D eigenvalue weighted by Crippen LogP contribution is -2.20. The zero-order valence-corrected chi connectivity index (χ0v) is 17.4. The summed E-state index contributed by atoms with van der Waals surface area (Å²) in [7, 11) is 0. The minimum Gasteiger partial charge on any atom is -0.393 e. The maximum atomic E-state index is 11.6. The molecule has 0 amide bonds. The van der Waals surface area contributed by atoms with Gasteiger partial charge in [0.15, 0.2) is 0 Å². The summed E-state index contributed by atoms with van der Waals surface area (Å²) in [4.78, 5) is 11.6. The first-order valence-corrected chi connectivity index (χ1v) is 10.8. The van der Waals surface area contributed by atoms with Crippen molar-refractivity contribution in [1.29, 1.82) is 0 Å². The van der Waals surface area contributed by atoms with E-state index in [0.717, 1.165) is 38.5 Å². The van der Waals surface area contributed by atoms with Crippen LogP contribution in [0.15, 0.2) is 24.3 Å². The van der Waals surface area contributed by atoms with Crippen molar-refractivity contribution in [3.05, 3.63) is 24.3 Å². The van der Waals surface area contributed by atoms with Crippen molar-refractivity contribution in [3.63, 3.8) is 0 Å². The molecule has 0 unspecified atom stereocenters. The van der Waals surface area contributed by atoms with Crippen LogP contribution in [-0.2, 0) is 4.79 Å². The third-order valence-corrected chi connectivity index (χ3v) is 5.59. The number of allylic oxidation sites excluding steroid dienone is 2. The molecule has 156 valence electrons. The normalized spacial score (nSPS) is 27.2. The maximum Gasteiger partial charge on any atom is 0.135 e. The Morgan fingerprint density at radius 1 is 1.11 bits per heavy atom. The quantitative estimate of drug-likeness (QED) is 0.331. The van der Waals surface area contributed by atoms with E-state index in [1.165, 1.54) is 0 Å². The van der Waals surface area contributed by atoms with Crippen LogP contribution in [0.4, 0.5) is 0 Å². The molecule has 0 bridgehead atoms. The van der Waals surface area contributed by atoms with Crippen molar-refractivity contribution in [2.75, 3.05) is 0 Å². The molecule has 0 spiro atoms. The molecule has 3 N–H and O–H groups in total. The number of ketones is 1. The van der Waals surface area contributed by atoms with Crippen LogP contribution in [0, 0.1) is 17.8 Å². The van der Waals surface area contributed by atoms with Crippen molar-refractivity contribution in [3.8, 4) is 0 Å². The van der Waals surface area contributed by atoms with Gasteiger partial charge in [-0.25, -0.2) is 0 Å². The Morgan fingerprint density at radius 2 is 1.85 bits per heavy atom. The summed E-state index contributed by atoms with van der Waals surface area (Å²) in [6.45, 7) is 6.00. The van der Waals surface area contributed by atoms with Gasteiger partial charge in [0.1, 0.15) is 5.78 Å². The molecular weight excluding hydrogens is 340 g/mol. The molecule has 1 fully saturated rings. The lowest BCUT2D eigenvalue weighted by Gasteiger charge is -2.19. The van der Waals surface area contributed by atoms with Crippen molar-refractivity contribution in [2.24, 2.45) is 17.8 Å². The van der Waals surface area contributed by atoms with Gasteiger partial charge in [0, 0.05) is 24.7 Å². The Bertz CT molecular complexity index is 469. The first-order valence-electron chi connectivity index (χ1n) is 10.8. The lowest BCUT2D eigenvalue weighted by molar-refractivity contribution is -0.121. The van der Waals surface area contributed by atoms with Crippen LogP contribution in [0.1, 0.15) is 78.6 Å². The molecule has 0 aromatic rings.